The molecule has 102 valence electrons. The van der Waals surface area contributed by atoms with E-state index in [4.69, 9.17) is 20.1 Å². The molecule has 1 rings (SSSR count). The van der Waals surface area contributed by atoms with E-state index in [-0.39, 0.29) is 6.04 Å². The van der Waals surface area contributed by atoms with Crippen molar-refractivity contribution in [1.29, 1.82) is 0 Å². The average molecular weight is 254 g/mol. The van der Waals surface area contributed by atoms with Gasteiger partial charge >= 0.3 is 0 Å². The van der Waals surface area contributed by atoms with Crippen LogP contribution in [0.2, 0.25) is 0 Å². The van der Waals surface area contributed by atoms with Crippen molar-refractivity contribution in [2.24, 2.45) is 5.84 Å². The molecule has 0 aromatic heterocycles. The summed E-state index contributed by atoms with van der Waals surface area (Å²) in [6.45, 7) is 2.11. The lowest BCUT2D eigenvalue weighted by Crippen LogP contribution is -2.28. The lowest BCUT2D eigenvalue weighted by Gasteiger charge is -2.20. The van der Waals surface area contributed by atoms with Crippen LogP contribution in [0.1, 0.15) is 31.4 Å². The molecule has 0 fully saturated rings. The van der Waals surface area contributed by atoms with Crippen molar-refractivity contribution in [2.45, 2.75) is 25.8 Å². The first kappa shape index (κ1) is 14.6. The zero-order valence-electron chi connectivity index (χ0n) is 11.4. The predicted octanol–water partition coefficient (Wildman–Crippen LogP) is 2.02. The van der Waals surface area contributed by atoms with Crippen molar-refractivity contribution < 1.29 is 14.2 Å². The molecule has 0 saturated heterocycles. The quantitative estimate of drug-likeness (QED) is 0.575. The average Bonchev–Trinajstić information content (AvgIpc) is 2.43. The van der Waals surface area contributed by atoms with Crippen molar-refractivity contribution in [3.63, 3.8) is 0 Å². The Morgan fingerprint density at radius 3 is 2.06 bits per heavy atom. The Kier molecular flexibility index (Phi) is 5.74. The third-order valence-corrected chi connectivity index (χ3v) is 2.89. The monoisotopic (exact) mass is 254 g/mol. The van der Waals surface area contributed by atoms with E-state index in [9.17, 15) is 0 Å². The Morgan fingerprint density at radius 1 is 1.06 bits per heavy atom. The van der Waals surface area contributed by atoms with Gasteiger partial charge in [-0.15, -0.1) is 0 Å². The van der Waals surface area contributed by atoms with E-state index in [1.165, 1.54) is 0 Å². The number of rotatable bonds is 7. The summed E-state index contributed by atoms with van der Waals surface area (Å²) in [4.78, 5) is 0. The fourth-order valence-corrected chi connectivity index (χ4v) is 1.94. The molecule has 0 spiro atoms. The van der Waals surface area contributed by atoms with Crippen LogP contribution in [0.3, 0.4) is 0 Å². The van der Waals surface area contributed by atoms with Gasteiger partial charge in [0, 0.05) is 17.7 Å². The molecule has 1 atom stereocenters. The second-order valence-corrected chi connectivity index (χ2v) is 3.96. The molecule has 0 aliphatic heterocycles. The topological polar surface area (TPSA) is 65.7 Å². The van der Waals surface area contributed by atoms with Gasteiger partial charge in [0.05, 0.1) is 21.3 Å². The van der Waals surface area contributed by atoms with Crippen molar-refractivity contribution in [3.05, 3.63) is 17.7 Å². The molecule has 0 heterocycles. The van der Waals surface area contributed by atoms with Crippen LogP contribution in [0, 0.1) is 0 Å². The summed E-state index contributed by atoms with van der Waals surface area (Å²) >= 11 is 0. The third kappa shape index (κ3) is 3.05. The van der Waals surface area contributed by atoms with Gasteiger partial charge in [-0.05, 0) is 12.5 Å². The number of benzene rings is 1. The van der Waals surface area contributed by atoms with Crippen LogP contribution in [0.25, 0.3) is 0 Å². The smallest absolute Gasteiger partial charge is 0.164 e. The SMILES string of the molecule is CCCC(NN)c1cc(OC)c(OC)cc1OC. The zero-order chi connectivity index (χ0) is 13.5. The maximum Gasteiger partial charge on any atom is 0.164 e. The molecule has 3 N–H and O–H groups in total. The lowest BCUT2D eigenvalue weighted by molar-refractivity contribution is 0.344. The van der Waals surface area contributed by atoms with Gasteiger partial charge in [0.15, 0.2) is 11.5 Å². The summed E-state index contributed by atoms with van der Waals surface area (Å²) in [7, 11) is 4.84. The summed E-state index contributed by atoms with van der Waals surface area (Å²) in [6.07, 6.45) is 1.94. The highest BCUT2D eigenvalue weighted by Crippen LogP contribution is 2.38. The van der Waals surface area contributed by atoms with Gasteiger partial charge in [0.2, 0.25) is 0 Å². The summed E-state index contributed by atoms with van der Waals surface area (Å²) in [5.74, 6) is 7.65. The van der Waals surface area contributed by atoms with E-state index in [0.29, 0.717) is 11.5 Å². The van der Waals surface area contributed by atoms with E-state index in [0.717, 1.165) is 24.2 Å². The predicted molar refractivity (Wildman–Crippen MR) is 71.1 cm³/mol. The minimum Gasteiger partial charge on any atom is -0.496 e. The van der Waals surface area contributed by atoms with E-state index in [1.807, 2.05) is 12.1 Å². The second-order valence-electron chi connectivity index (χ2n) is 3.96. The van der Waals surface area contributed by atoms with Gasteiger partial charge in [-0.1, -0.05) is 13.3 Å². The van der Waals surface area contributed by atoms with Crippen LogP contribution in [0.5, 0.6) is 17.2 Å². The zero-order valence-corrected chi connectivity index (χ0v) is 11.4. The number of ether oxygens (including phenoxy) is 3. The van der Waals surface area contributed by atoms with Crippen LogP contribution in [-0.4, -0.2) is 21.3 Å². The highest BCUT2D eigenvalue weighted by atomic mass is 16.5. The minimum absolute atomic E-state index is 0.0322. The molecule has 5 heteroatoms. The molecule has 0 radical (unpaired) electrons. The fraction of sp³-hybridized carbons (Fsp3) is 0.538. The van der Waals surface area contributed by atoms with Gasteiger partial charge in [0.25, 0.3) is 0 Å². The fourth-order valence-electron chi connectivity index (χ4n) is 1.94. The van der Waals surface area contributed by atoms with Crippen LogP contribution >= 0.6 is 0 Å². The lowest BCUT2D eigenvalue weighted by atomic mass is 10.0. The van der Waals surface area contributed by atoms with E-state index in [2.05, 4.69) is 12.3 Å². The highest BCUT2D eigenvalue weighted by molar-refractivity contribution is 5.51. The maximum atomic E-state index is 5.60. The van der Waals surface area contributed by atoms with Crippen LogP contribution < -0.4 is 25.5 Å². The normalized spacial score (nSPS) is 12.1. The highest BCUT2D eigenvalue weighted by Gasteiger charge is 2.18. The molecule has 1 unspecified atom stereocenters. The molecule has 0 aliphatic carbocycles. The summed E-state index contributed by atoms with van der Waals surface area (Å²) in [5, 5.41) is 0. The number of hydrazine groups is 1. The molecule has 0 saturated carbocycles. The summed E-state index contributed by atoms with van der Waals surface area (Å²) in [6, 6.07) is 3.75. The molecule has 1 aromatic carbocycles. The van der Waals surface area contributed by atoms with E-state index in [1.54, 1.807) is 21.3 Å². The standard InChI is InChI=1S/C13H22N2O3/c1-5-6-10(15-14)9-7-12(17-3)13(18-4)8-11(9)16-2/h7-8,10,15H,5-6,14H2,1-4H3. The van der Waals surface area contributed by atoms with Gasteiger partial charge in [-0.3, -0.25) is 11.3 Å². The maximum absolute atomic E-state index is 5.60. The van der Waals surface area contributed by atoms with Crippen LogP contribution in [0.4, 0.5) is 0 Å². The van der Waals surface area contributed by atoms with Gasteiger partial charge in [-0.25, -0.2) is 0 Å². The molecule has 0 bridgehead atoms. The Balaban J connectivity index is 3.23. The largest absolute Gasteiger partial charge is 0.496 e. The van der Waals surface area contributed by atoms with Crippen LogP contribution in [0.15, 0.2) is 12.1 Å². The summed E-state index contributed by atoms with van der Waals surface area (Å²) < 4.78 is 15.9. The third-order valence-electron chi connectivity index (χ3n) is 2.89. The van der Waals surface area contributed by atoms with Crippen LogP contribution in [-0.2, 0) is 0 Å². The number of nitrogens with one attached hydrogen (secondary N) is 1. The van der Waals surface area contributed by atoms with Crippen molar-refractivity contribution >= 4 is 0 Å². The molecular weight excluding hydrogens is 232 g/mol. The number of methoxy groups -OCH3 is 3. The van der Waals surface area contributed by atoms with E-state index < -0.39 is 0 Å². The first-order valence-electron chi connectivity index (χ1n) is 5.97. The summed E-state index contributed by atoms with van der Waals surface area (Å²) in [5.41, 5.74) is 3.78. The Morgan fingerprint density at radius 2 is 1.61 bits per heavy atom. The molecular formula is C13H22N2O3. The molecule has 5 nitrogen and oxygen atoms in total. The molecule has 0 amide bonds. The Hall–Kier alpha value is -1.46. The first-order valence-corrected chi connectivity index (χ1v) is 5.97. The number of hydrogen-bond donors (Lipinski definition) is 2. The van der Waals surface area contributed by atoms with E-state index >= 15 is 0 Å². The Bertz CT molecular complexity index is 383. The molecule has 0 aliphatic rings. The number of nitrogens with two attached hydrogens (primary N) is 1. The first-order chi connectivity index (χ1) is 8.71. The number of hydrogen-bond acceptors (Lipinski definition) is 5. The van der Waals surface area contributed by atoms with Gasteiger partial charge in [-0.2, -0.15) is 0 Å². The minimum atomic E-state index is 0.0322. The van der Waals surface area contributed by atoms with Crippen molar-refractivity contribution in [2.75, 3.05) is 21.3 Å². The molecule has 1 aromatic rings. The van der Waals surface area contributed by atoms with Crippen molar-refractivity contribution in [1.82, 2.24) is 5.43 Å². The van der Waals surface area contributed by atoms with Crippen molar-refractivity contribution in [3.8, 4) is 17.2 Å². The Labute approximate surface area is 108 Å². The van der Waals surface area contributed by atoms with Gasteiger partial charge < -0.3 is 14.2 Å². The molecule has 18 heavy (non-hydrogen) atoms. The van der Waals surface area contributed by atoms with Gasteiger partial charge in [0.1, 0.15) is 5.75 Å². The second kappa shape index (κ2) is 7.08.